The molecule has 0 spiro atoms. The van der Waals surface area contributed by atoms with Gasteiger partial charge in [-0.3, -0.25) is 0 Å². The second kappa shape index (κ2) is 5.28. The van der Waals surface area contributed by atoms with Gasteiger partial charge in [0.2, 0.25) is 0 Å². The topological polar surface area (TPSA) is 52.5 Å². The van der Waals surface area contributed by atoms with Crippen LogP contribution in [0.15, 0.2) is 0 Å². The van der Waals surface area contributed by atoms with Crippen molar-refractivity contribution in [1.29, 1.82) is 0 Å². The smallest absolute Gasteiger partial charge is 0.0693 e. The quantitative estimate of drug-likeness (QED) is 0.662. The monoisotopic (exact) mass is 215 g/mol. The molecule has 1 aliphatic carbocycles. The van der Waals surface area contributed by atoms with Crippen molar-refractivity contribution in [2.45, 2.75) is 64.6 Å². The van der Waals surface area contributed by atoms with Crippen molar-refractivity contribution in [1.82, 2.24) is 5.32 Å². The Morgan fingerprint density at radius 1 is 1.33 bits per heavy atom. The summed E-state index contributed by atoms with van der Waals surface area (Å²) in [7, 11) is 0. The number of hydrogen-bond acceptors (Lipinski definition) is 3. The Morgan fingerprint density at radius 2 is 2.00 bits per heavy atom. The fourth-order valence-electron chi connectivity index (χ4n) is 2.29. The number of hydrogen-bond donors (Lipinski definition) is 3. The third-order valence-electron chi connectivity index (χ3n) is 3.36. The van der Waals surface area contributed by atoms with Crippen LogP contribution in [-0.4, -0.2) is 35.0 Å². The van der Waals surface area contributed by atoms with E-state index in [9.17, 15) is 5.11 Å². The average molecular weight is 215 g/mol. The normalized spacial score (nSPS) is 29.4. The van der Waals surface area contributed by atoms with Gasteiger partial charge in [0.15, 0.2) is 0 Å². The molecule has 0 aromatic rings. The molecule has 0 saturated heterocycles. The molecule has 0 aromatic carbocycles. The van der Waals surface area contributed by atoms with E-state index in [1.807, 2.05) is 0 Å². The Bertz CT molecular complexity index is 189. The van der Waals surface area contributed by atoms with Crippen LogP contribution < -0.4 is 5.32 Å². The lowest BCUT2D eigenvalue weighted by Gasteiger charge is -2.34. The minimum absolute atomic E-state index is 0.130. The fraction of sp³-hybridized carbons (Fsp3) is 1.00. The Kier molecular flexibility index (Phi) is 4.56. The summed E-state index contributed by atoms with van der Waals surface area (Å²) in [6, 6.07) is 0.501. The molecule has 0 aliphatic heterocycles. The third-order valence-corrected chi connectivity index (χ3v) is 3.36. The van der Waals surface area contributed by atoms with Gasteiger partial charge in [-0.25, -0.2) is 0 Å². The fourth-order valence-corrected chi connectivity index (χ4v) is 2.29. The Hall–Kier alpha value is -0.120. The van der Waals surface area contributed by atoms with Crippen LogP contribution in [0.4, 0.5) is 0 Å². The summed E-state index contributed by atoms with van der Waals surface area (Å²) in [4.78, 5) is 0. The molecule has 0 bridgehead atoms. The van der Waals surface area contributed by atoms with Crippen molar-refractivity contribution in [3.8, 4) is 0 Å². The van der Waals surface area contributed by atoms with E-state index in [-0.39, 0.29) is 30.2 Å². The summed E-state index contributed by atoms with van der Waals surface area (Å²) in [5, 5.41) is 22.3. The second-order valence-electron chi connectivity index (χ2n) is 5.70. The van der Waals surface area contributed by atoms with Crippen LogP contribution in [0.25, 0.3) is 0 Å². The van der Waals surface area contributed by atoms with Crippen LogP contribution >= 0.6 is 0 Å². The van der Waals surface area contributed by atoms with Gasteiger partial charge in [0.05, 0.1) is 6.10 Å². The van der Waals surface area contributed by atoms with Crippen molar-refractivity contribution < 1.29 is 10.2 Å². The molecule has 15 heavy (non-hydrogen) atoms. The second-order valence-corrected chi connectivity index (χ2v) is 5.70. The Balaban J connectivity index is 2.50. The van der Waals surface area contributed by atoms with Crippen molar-refractivity contribution in [3.05, 3.63) is 0 Å². The van der Waals surface area contributed by atoms with Gasteiger partial charge in [-0.2, -0.15) is 0 Å². The van der Waals surface area contributed by atoms with E-state index in [4.69, 9.17) is 5.11 Å². The van der Waals surface area contributed by atoms with E-state index in [2.05, 4.69) is 26.1 Å². The zero-order valence-corrected chi connectivity index (χ0v) is 10.2. The molecule has 3 nitrogen and oxygen atoms in total. The number of aliphatic hydroxyl groups excluding tert-OH is 2. The van der Waals surface area contributed by atoms with Gasteiger partial charge >= 0.3 is 0 Å². The lowest BCUT2D eigenvalue weighted by Crippen LogP contribution is -2.49. The standard InChI is InChI=1S/C12H25NO2/c1-12(2,3)11(7-8-14)13-9-5-4-6-10(9)15/h9-11,13-15H,4-8H2,1-3H3/t9-,10-,11?/m0/s1. The molecule has 3 atom stereocenters. The number of aliphatic hydroxyl groups is 2. The highest BCUT2D eigenvalue weighted by atomic mass is 16.3. The van der Waals surface area contributed by atoms with Crippen LogP contribution in [-0.2, 0) is 0 Å². The zero-order chi connectivity index (χ0) is 11.5. The van der Waals surface area contributed by atoms with Crippen LogP contribution in [0.2, 0.25) is 0 Å². The molecular formula is C12H25NO2. The van der Waals surface area contributed by atoms with E-state index >= 15 is 0 Å². The highest BCUT2D eigenvalue weighted by Gasteiger charge is 2.31. The largest absolute Gasteiger partial charge is 0.396 e. The molecule has 90 valence electrons. The van der Waals surface area contributed by atoms with Crippen molar-refractivity contribution in [2.75, 3.05) is 6.61 Å². The third kappa shape index (κ3) is 3.74. The molecule has 1 aliphatic rings. The van der Waals surface area contributed by atoms with Gasteiger partial charge in [0.1, 0.15) is 0 Å². The van der Waals surface area contributed by atoms with Crippen molar-refractivity contribution in [3.63, 3.8) is 0 Å². The zero-order valence-electron chi connectivity index (χ0n) is 10.2. The van der Waals surface area contributed by atoms with E-state index in [0.29, 0.717) is 0 Å². The first-order valence-corrected chi connectivity index (χ1v) is 6.00. The predicted molar refractivity (Wildman–Crippen MR) is 61.7 cm³/mol. The van der Waals surface area contributed by atoms with Gasteiger partial charge in [-0.05, 0) is 31.1 Å². The molecule has 0 aromatic heterocycles. The van der Waals surface area contributed by atoms with Gasteiger partial charge in [0, 0.05) is 18.7 Å². The molecule has 1 saturated carbocycles. The minimum atomic E-state index is -0.200. The minimum Gasteiger partial charge on any atom is -0.396 e. The van der Waals surface area contributed by atoms with Crippen LogP contribution in [0.3, 0.4) is 0 Å². The molecule has 1 unspecified atom stereocenters. The van der Waals surface area contributed by atoms with E-state index < -0.39 is 0 Å². The van der Waals surface area contributed by atoms with Crippen LogP contribution in [0, 0.1) is 5.41 Å². The highest BCUT2D eigenvalue weighted by Crippen LogP contribution is 2.26. The number of nitrogens with one attached hydrogen (secondary N) is 1. The van der Waals surface area contributed by atoms with Gasteiger partial charge < -0.3 is 15.5 Å². The molecule has 3 N–H and O–H groups in total. The summed E-state index contributed by atoms with van der Waals surface area (Å²) in [5.74, 6) is 0. The lowest BCUT2D eigenvalue weighted by atomic mass is 9.84. The predicted octanol–water partition coefficient (Wildman–Crippen LogP) is 1.29. The van der Waals surface area contributed by atoms with Gasteiger partial charge in [-0.1, -0.05) is 20.8 Å². The van der Waals surface area contributed by atoms with Crippen molar-refractivity contribution in [2.24, 2.45) is 5.41 Å². The van der Waals surface area contributed by atoms with Crippen molar-refractivity contribution >= 4 is 0 Å². The molecule has 0 amide bonds. The maximum absolute atomic E-state index is 9.75. The lowest BCUT2D eigenvalue weighted by molar-refractivity contribution is 0.116. The van der Waals surface area contributed by atoms with E-state index in [0.717, 1.165) is 25.7 Å². The summed E-state index contributed by atoms with van der Waals surface area (Å²) in [6.07, 6.45) is 3.63. The Labute approximate surface area is 92.9 Å². The highest BCUT2D eigenvalue weighted by molar-refractivity contribution is 4.89. The number of rotatable bonds is 4. The molecule has 3 heteroatoms. The summed E-state index contributed by atoms with van der Waals surface area (Å²) in [6.45, 7) is 6.71. The molecule has 1 rings (SSSR count). The summed E-state index contributed by atoms with van der Waals surface area (Å²) < 4.78 is 0. The van der Waals surface area contributed by atoms with Gasteiger partial charge in [-0.15, -0.1) is 0 Å². The first-order chi connectivity index (χ1) is 6.95. The summed E-state index contributed by atoms with van der Waals surface area (Å²) in [5.41, 5.74) is 0.130. The summed E-state index contributed by atoms with van der Waals surface area (Å²) >= 11 is 0. The van der Waals surface area contributed by atoms with E-state index in [1.54, 1.807) is 0 Å². The van der Waals surface area contributed by atoms with Crippen LogP contribution in [0.5, 0.6) is 0 Å². The molecule has 1 fully saturated rings. The van der Waals surface area contributed by atoms with Crippen LogP contribution in [0.1, 0.15) is 46.5 Å². The first kappa shape index (κ1) is 12.9. The maximum Gasteiger partial charge on any atom is 0.0693 e. The molecular weight excluding hydrogens is 190 g/mol. The van der Waals surface area contributed by atoms with E-state index in [1.165, 1.54) is 0 Å². The first-order valence-electron chi connectivity index (χ1n) is 6.00. The van der Waals surface area contributed by atoms with Gasteiger partial charge in [0.25, 0.3) is 0 Å². The molecule has 0 radical (unpaired) electrons. The Morgan fingerprint density at radius 3 is 2.40 bits per heavy atom. The maximum atomic E-state index is 9.75. The average Bonchev–Trinajstić information content (AvgIpc) is 2.49. The SMILES string of the molecule is CC(C)(C)C(CCO)N[C@H]1CCC[C@@H]1O. The molecule has 0 heterocycles.